The number of allylic oxidation sites excluding steroid dienone is 1. The minimum atomic E-state index is -0.225. The van der Waals surface area contributed by atoms with Gasteiger partial charge in [-0.2, -0.15) is 0 Å². The Labute approximate surface area is 162 Å². The first-order valence-corrected chi connectivity index (χ1v) is 8.84. The molecular formula is C22H19FN4O. The second-order valence-electron chi connectivity index (χ2n) is 6.57. The normalized spacial score (nSPS) is 13.6. The Morgan fingerprint density at radius 3 is 2.54 bits per heavy atom. The van der Waals surface area contributed by atoms with Crippen LogP contribution in [-0.4, -0.2) is 22.8 Å². The molecule has 0 unspecified atom stereocenters. The zero-order valence-electron chi connectivity index (χ0n) is 15.6. The van der Waals surface area contributed by atoms with Crippen molar-refractivity contribution in [2.45, 2.75) is 13.3 Å². The molecule has 1 aliphatic heterocycles. The van der Waals surface area contributed by atoms with Crippen LogP contribution in [0.5, 0.6) is 5.75 Å². The van der Waals surface area contributed by atoms with E-state index >= 15 is 0 Å². The van der Waals surface area contributed by atoms with Gasteiger partial charge in [0.25, 0.3) is 0 Å². The van der Waals surface area contributed by atoms with Gasteiger partial charge in [-0.25, -0.2) is 9.37 Å². The molecule has 0 aliphatic carbocycles. The number of methoxy groups -OCH3 is 1. The van der Waals surface area contributed by atoms with E-state index in [0.717, 1.165) is 33.7 Å². The Morgan fingerprint density at radius 1 is 1.04 bits per heavy atom. The van der Waals surface area contributed by atoms with E-state index in [-0.39, 0.29) is 5.82 Å². The van der Waals surface area contributed by atoms with Crippen molar-refractivity contribution in [1.29, 1.82) is 0 Å². The summed E-state index contributed by atoms with van der Waals surface area (Å²) in [5.74, 6) is 0.633. The van der Waals surface area contributed by atoms with E-state index in [1.807, 2.05) is 24.3 Å². The highest BCUT2D eigenvalue weighted by atomic mass is 19.1. The predicted molar refractivity (Wildman–Crippen MR) is 109 cm³/mol. The molecule has 2 aromatic heterocycles. The molecule has 2 N–H and O–H groups in total. The molecule has 0 spiro atoms. The molecule has 0 atom stereocenters. The summed E-state index contributed by atoms with van der Waals surface area (Å²) >= 11 is 0. The van der Waals surface area contributed by atoms with Gasteiger partial charge in [0.15, 0.2) is 11.6 Å². The van der Waals surface area contributed by atoms with Crippen molar-refractivity contribution in [2.24, 2.45) is 4.99 Å². The summed E-state index contributed by atoms with van der Waals surface area (Å²) in [6, 6.07) is 10.8. The molecule has 3 aromatic rings. The van der Waals surface area contributed by atoms with Crippen LogP contribution in [0, 0.1) is 12.7 Å². The van der Waals surface area contributed by atoms with Gasteiger partial charge in [0, 0.05) is 36.1 Å². The van der Waals surface area contributed by atoms with E-state index in [1.165, 1.54) is 6.07 Å². The molecule has 1 aromatic carbocycles. The van der Waals surface area contributed by atoms with Crippen molar-refractivity contribution in [1.82, 2.24) is 9.97 Å². The lowest BCUT2D eigenvalue weighted by atomic mass is 9.96. The first kappa shape index (κ1) is 17.9. The van der Waals surface area contributed by atoms with Gasteiger partial charge in [-0.05, 0) is 54.0 Å². The zero-order valence-corrected chi connectivity index (χ0v) is 15.6. The van der Waals surface area contributed by atoms with E-state index in [4.69, 9.17) is 15.5 Å². The topological polar surface area (TPSA) is 73.4 Å². The number of ether oxygens (including phenoxy) is 1. The SMILES string of the molecule is COc1cc(C2=C(c3ccncc3)N=C(c3ccc(F)c(C)c3)C2)cnc1N. The van der Waals surface area contributed by atoms with Crippen molar-refractivity contribution in [2.75, 3.05) is 12.8 Å². The zero-order chi connectivity index (χ0) is 19.7. The van der Waals surface area contributed by atoms with Crippen molar-refractivity contribution in [3.8, 4) is 5.75 Å². The van der Waals surface area contributed by atoms with Gasteiger partial charge in [-0.1, -0.05) is 6.07 Å². The number of nitrogens with zero attached hydrogens (tertiary/aromatic N) is 3. The molecule has 1 aliphatic rings. The van der Waals surface area contributed by atoms with E-state index in [0.29, 0.717) is 23.6 Å². The summed E-state index contributed by atoms with van der Waals surface area (Å²) in [7, 11) is 1.56. The lowest BCUT2D eigenvalue weighted by molar-refractivity contribution is 0.415. The third-order valence-electron chi connectivity index (χ3n) is 4.77. The highest BCUT2D eigenvalue weighted by Gasteiger charge is 2.23. The molecule has 140 valence electrons. The van der Waals surface area contributed by atoms with Gasteiger partial charge in [0.1, 0.15) is 5.82 Å². The van der Waals surface area contributed by atoms with Gasteiger partial charge in [-0.3, -0.25) is 9.98 Å². The number of halogens is 1. The smallest absolute Gasteiger partial charge is 0.166 e. The number of nitrogens with two attached hydrogens (primary N) is 1. The number of benzene rings is 1. The third-order valence-corrected chi connectivity index (χ3v) is 4.77. The van der Waals surface area contributed by atoms with Crippen LogP contribution >= 0.6 is 0 Å². The van der Waals surface area contributed by atoms with E-state index in [1.54, 1.807) is 38.7 Å². The number of aliphatic imine (C=N–C) groups is 1. The van der Waals surface area contributed by atoms with Crippen LogP contribution in [0.2, 0.25) is 0 Å². The largest absolute Gasteiger partial charge is 0.493 e. The molecule has 6 heteroatoms. The van der Waals surface area contributed by atoms with Crippen LogP contribution in [0.3, 0.4) is 0 Å². The maximum atomic E-state index is 13.7. The molecule has 0 radical (unpaired) electrons. The minimum absolute atomic E-state index is 0.225. The lowest BCUT2D eigenvalue weighted by Crippen LogP contribution is -2.01. The summed E-state index contributed by atoms with van der Waals surface area (Å²) in [5, 5.41) is 0. The quantitative estimate of drug-likeness (QED) is 0.740. The van der Waals surface area contributed by atoms with Crippen molar-refractivity contribution >= 4 is 22.8 Å². The van der Waals surface area contributed by atoms with E-state index < -0.39 is 0 Å². The van der Waals surface area contributed by atoms with E-state index in [9.17, 15) is 4.39 Å². The van der Waals surface area contributed by atoms with Gasteiger partial charge >= 0.3 is 0 Å². The molecule has 4 rings (SSSR count). The van der Waals surface area contributed by atoms with E-state index in [2.05, 4.69) is 9.97 Å². The summed E-state index contributed by atoms with van der Waals surface area (Å²) in [6.07, 6.45) is 5.79. The fourth-order valence-corrected chi connectivity index (χ4v) is 3.25. The number of aryl methyl sites for hydroxylation is 1. The second-order valence-corrected chi connectivity index (χ2v) is 6.57. The van der Waals surface area contributed by atoms with Gasteiger partial charge < -0.3 is 10.5 Å². The highest BCUT2D eigenvalue weighted by molar-refractivity contribution is 6.16. The Bertz CT molecular complexity index is 1110. The fraction of sp³-hybridized carbons (Fsp3) is 0.136. The Kier molecular flexibility index (Phi) is 4.61. The Morgan fingerprint density at radius 2 is 1.82 bits per heavy atom. The predicted octanol–water partition coefficient (Wildman–Crippen LogP) is 4.28. The molecule has 0 amide bonds. The maximum Gasteiger partial charge on any atom is 0.166 e. The summed E-state index contributed by atoms with van der Waals surface area (Å²) in [6.45, 7) is 1.75. The number of hydrogen-bond acceptors (Lipinski definition) is 5. The molecule has 0 bridgehead atoms. The highest BCUT2D eigenvalue weighted by Crippen LogP contribution is 2.38. The van der Waals surface area contributed by atoms with Crippen molar-refractivity contribution < 1.29 is 9.13 Å². The first-order valence-electron chi connectivity index (χ1n) is 8.84. The summed E-state index contributed by atoms with van der Waals surface area (Å²) < 4.78 is 19.0. The first-order chi connectivity index (χ1) is 13.6. The molecule has 5 nitrogen and oxygen atoms in total. The molecule has 0 saturated carbocycles. The number of aromatic nitrogens is 2. The Balaban J connectivity index is 1.82. The van der Waals surface area contributed by atoms with Gasteiger partial charge in [-0.15, -0.1) is 0 Å². The van der Waals surface area contributed by atoms with Crippen LogP contribution in [-0.2, 0) is 0 Å². The molecular weight excluding hydrogens is 355 g/mol. The standard InChI is InChI=1S/C22H19FN4O/c1-13-9-15(3-4-18(13)23)19-11-17(16-10-20(28-2)22(24)26-12-16)21(27-19)14-5-7-25-8-6-14/h3-10,12H,11H2,1-2H3,(H2,24,26). The number of anilines is 1. The third kappa shape index (κ3) is 3.24. The lowest BCUT2D eigenvalue weighted by Gasteiger charge is -2.10. The van der Waals surface area contributed by atoms with Crippen LogP contribution < -0.4 is 10.5 Å². The average molecular weight is 374 g/mol. The number of hydrogen-bond donors (Lipinski definition) is 1. The fourth-order valence-electron chi connectivity index (χ4n) is 3.25. The monoisotopic (exact) mass is 374 g/mol. The van der Waals surface area contributed by atoms with Crippen LogP contribution in [0.15, 0.2) is 60.0 Å². The number of pyridine rings is 2. The molecule has 0 fully saturated rings. The summed E-state index contributed by atoms with van der Waals surface area (Å²) in [4.78, 5) is 13.2. The second kappa shape index (κ2) is 7.23. The molecule has 3 heterocycles. The maximum absolute atomic E-state index is 13.7. The van der Waals surface area contributed by atoms with Gasteiger partial charge in [0.05, 0.1) is 18.5 Å². The molecule has 0 saturated heterocycles. The van der Waals surface area contributed by atoms with Crippen molar-refractivity contribution in [3.63, 3.8) is 0 Å². The molecule has 28 heavy (non-hydrogen) atoms. The van der Waals surface area contributed by atoms with Crippen LogP contribution in [0.25, 0.3) is 11.3 Å². The average Bonchev–Trinajstić information content (AvgIpc) is 3.16. The van der Waals surface area contributed by atoms with Gasteiger partial charge in [0.2, 0.25) is 0 Å². The van der Waals surface area contributed by atoms with Crippen molar-refractivity contribution in [3.05, 3.63) is 83.1 Å². The number of nitrogen functional groups attached to an aromatic ring is 1. The Hall–Kier alpha value is -3.54. The number of rotatable bonds is 4. The minimum Gasteiger partial charge on any atom is -0.493 e. The van der Waals surface area contributed by atoms with Crippen LogP contribution in [0.1, 0.15) is 28.7 Å². The summed E-state index contributed by atoms with van der Waals surface area (Å²) in [5.41, 5.74) is 11.9. The van der Waals surface area contributed by atoms with Crippen LogP contribution in [0.4, 0.5) is 10.2 Å².